The molecule has 0 spiro atoms. The van der Waals surface area contributed by atoms with Crippen molar-refractivity contribution in [1.82, 2.24) is 0 Å². The van der Waals surface area contributed by atoms with E-state index in [1.165, 1.54) is 27.7 Å². The van der Waals surface area contributed by atoms with E-state index in [0.29, 0.717) is 0 Å². The number of benzene rings is 2. The van der Waals surface area contributed by atoms with Crippen LogP contribution in [-0.2, 0) is 5.41 Å². The van der Waals surface area contributed by atoms with Crippen molar-refractivity contribution >= 4 is 30.0 Å². The first kappa shape index (κ1) is 18.7. The quantitative estimate of drug-likeness (QED) is 0.261. The summed E-state index contributed by atoms with van der Waals surface area (Å²) in [6.45, 7) is 6.86. The predicted octanol–water partition coefficient (Wildman–Crippen LogP) is 7.25. The molecule has 0 aromatic heterocycles. The molecule has 1 heterocycles. The van der Waals surface area contributed by atoms with E-state index in [9.17, 15) is 25.2 Å². The van der Waals surface area contributed by atoms with Crippen LogP contribution < -0.4 is 0 Å². The molecule has 0 unspecified atom stereocenters. The zero-order chi connectivity index (χ0) is 18.6. The monoisotopic (exact) mass is 369 g/mol. The summed E-state index contributed by atoms with van der Waals surface area (Å²) in [6.07, 6.45) is 0. The summed E-state index contributed by atoms with van der Waals surface area (Å²) in [4.78, 5) is 0. The van der Waals surface area contributed by atoms with Gasteiger partial charge in [0.1, 0.15) is 7.05 Å². The molecule has 1 aliphatic rings. The first-order chi connectivity index (χ1) is 10.5. The van der Waals surface area contributed by atoms with E-state index in [1.807, 2.05) is 0 Å². The number of nitrogens with zero attached hydrogens (tertiary/aromatic N) is 1. The summed E-state index contributed by atoms with van der Waals surface area (Å²) < 4.78 is 61.5. The van der Waals surface area contributed by atoms with Gasteiger partial charge >= 0.3 is 33.0 Å². The van der Waals surface area contributed by atoms with E-state index >= 15 is 0 Å². The third-order valence-corrected chi connectivity index (χ3v) is 4.30. The van der Waals surface area contributed by atoms with E-state index < -0.39 is 7.81 Å². The number of fused-ring (bicyclic) bond motifs is 3. The summed E-state index contributed by atoms with van der Waals surface area (Å²) in [6, 6.07) is 13.1. The normalized spacial score (nSPS) is 19.2. The topological polar surface area (TPSA) is 3.01 Å². The summed E-state index contributed by atoms with van der Waals surface area (Å²) in [5.74, 6) is 0. The Morgan fingerprint density at radius 3 is 1.92 bits per heavy atom. The third kappa shape index (κ3) is 4.26. The molecule has 2 aromatic carbocycles. The van der Waals surface area contributed by atoms with Crippen molar-refractivity contribution in [2.45, 2.75) is 26.2 Å². The van der Waals surface area contributed by atoms with Crippen LogP contribution in [0.3, 0.4) is 0 Å². The molecular weight excluding hydrogens is 351 g/mol. The Morgan fingerprint density at radius 1 is 0.875 bits per heavy atom. The second kappa shape index (κ2) is 4.72. The molecular formula is C16H18F6NP. The summed E-state index contributed by atoms with van der Waals surface area (Å²) in [7, 11) is -8.49. The molecule has 3 rings (SSSR count). The number of rotatable bonds is 0. The second-order valence-electron chi connectivity index (χ2n) is 6.41. The van der Waals surface area contributed by atoms with Gasteiger partial charge in [0.05, 0.1) is 5.41 Å². The first-order valence-corrected chi connectivity index (χ1v) is 9.18. The molecule has 134 valence electrons. The minimum atomic E-state index is -10.7. The van der Waals surface area contributed by atoms with Gasteiger partial charge in [0.25, 0.3) is 0 Å². The standard InChI is InChI=1S/C16H18N.F6P/c1-11-16(2,3)15-13-8-6-5-7-12(13)9-10-14(15)17(11)4;1-7(2,3,4,5)6/h5-10H,1-4H3;/q+1;-1. The van der Waals surface area contributed by atoms with Crippen LogP contribution in [0.15, 0.2) is 36.4 Å². The molecule has 0 saturated heterocycles. The Hall–Kier alpha value is -1.62. The van der Waals surface area contributed by atoms with Gasteiger partial charge in [-0.05, 0) is 30.7 Å². The van der Waals surface area contributed by atoms with Crippen LogP contribution in [0.5, 0.6) is 0 Å². The molecule has 0 amide bonds. The van der Waals surface area contributed by atoms with Crippen molar-refractivity contribution < 1.29 is 29.8 Å². The average molecular weight is 369 g/mol. The Balaban J connectivity index is 0.000000256. The van der Waals surface area contributed by atoms with Crippen molar-refractivity contribution in [2.24, 2.45) is 0 Å². The molecule has 2 aromatic rings. The number of halogens is 6. The van der Waals surface area contributed by atoms with Crippen LogP contribution in [0, 0.1) is 0 Å². The van der Waals surface area contributed by atoms with Gasteiger partial charge in [0.2, 0.25) is 5.69 Å². The number of hydrogen-bond acceptors (Lipinski definition) is 0. The molecule has 0 radical (unpaired) electrons. The van der Waals surface area contributed by atoms with Crippen molar-refractivity contribution in [3.8, 4) is 0 Å². The first-order valence-electron chi connectivity index (χ1n) is 7.15. The van der Waals surface area contributed by atoms with Crippen molar-refractivity contribution in [3.63, 3.8) is 0 Å². The molecule has 1 aliphatic heterocycles. The van der Waals surface area contributed by atoms with Gasteiger partial charge in [0, 0.05) is 18.6 Å². The van der Waals surface area contributed by atoms with Crippen LogP contribution in [0.2, 0.25) is 0 Å². The van der Waals surface area contributed by atoms with Crippen LogP contribution >= 0.6 is 7.81 Å². The molecule has 24 heavy (non-hydrogen) atoms. The minimum absolute atomic E-state index is 0.130. The summed E-state index contributed by atoms with van der Waals surface area (Å²) in [5, 5.41) is 2.72. The maximum absolute atomic E-state index is 10.7. The average Bonchev–Trinajstić information content (AvgIpc) is 2.57. The predicted molar refractivity (Wildman–Crippen MR) is 87.1 cm³/mol. The van der Waals surface area contributed by atoms with E-state index in [0.717, 1.165) is 0 Å². The summed E-state index contributed by atoms with van der Waals surface area (Å²) in [5.41, 5.74) is 4.37. The van der Waals surface area contributed by atoms with Crippen molar-refractivity contribution in [1.29, 1.82) is 0 Å². The fraction of sp³-hybridized carbons (Fsp3) is 0.312. The molecule has 1 nitrogen and oxygen atoms in total. The summed E-state index contributed by atoms with van der Waals surface area (Å²) >= 11 is 0. The van der Waals surface area contributed by atoms with Gasteiger partial charge in [-0.2, -0.15) is 0 Å². The third-order valence-electron chi connectivity index (χ3n) is 4.30. The van der Waals surface area contributed by atoms with E-state index in [-0.39, 0.29) is 5.41 Å². The molecule has 0 atom stereocenters. The SMILES string of the molecule is CC1=[N+](C)c2ccc3ccccc3c2C1(C)C.F[P-](F)(F)(F)(F)F. The maximum atomic E-state index is 9.87. The van der Waals surface area contributed by atoms with Crippen LogP contribution in [0.4, 0.5) is 30.9 Å². The molecule has 0 aliphatic carbocycles. The van der Waals surface area contributed by atoms with Gasteiger partial charge in [0.15, 0.2) is 5.71 Å². The molecule has 8 heteroatoms. The van der Waals surface area contributed by atoms with Crippen LogP contribution in [-0.4, -0.2) is 17.3 Å². The van der Waals surface area contributed by atoms with Crippen LogP contribution in [0.25, 0.3) is 10.8 Å². The zero-order valence-corrected chi connectivity index (χ0v) is 14.5. The van der Waals surface area contributed by atoms with Gasteiger partial charge in [-0.15, -0.1) is 0 Å². The Bertz CT molecular complexity index is 839. The van der Waals surface area contributed by atoms with Crippen LogP contribution in [0.1, 0.15) is 26.3 Å². The Labute approximate surface area is 135 Å². The number of hydrogen-bond donors (Lipinski definition) is 0. The van der Waals surface area contributed by atoms with E-state index in [2.05, 4.69) is 68.8 Å². The van der Waals surface area contributed by atoms with E-state index in [4.69, 9.17) is 0 Å². The zero-order valence-electron chi connectivity index (χ0n) is 13.6. The Morgan fingerprint density at radius 2 is 1.38 bits per heavy atom. The van der Waals surface area contributed by atoms with Gasteiger partial charge in [-0.3, -0.25) is 0 Å². The molecule has 0 N–H and O–H groups in total. The molecule has 0 fully saturated rings. The molecule has 0 saturated carbocycles. The second-order valence-corrected chi connectivity index (χ2v) is 8.33. The Kier molecular flexibility index (Phi) is 3.68. The molecule has 0 bridgehead atoms. The van der Waals surface area contributed by atoms with Crippen molar-refractivity contribution in [3.05, 3.63) is 42.0 Å². The van der Waals surface area contributed by atoms with Gasteiger partial charge in [-0.1, -0.05) is 24.3 Å². The van der Waals surface area contributed by atoms with E-state index in [1.54, 1.807) is 0 Å². The van der Waals surface area contributed by atoms with Crippen molar-refractivity contribution in [2.75, 3.05) is 7.05 Å². The van der Waals surface area contributed by atoms with Gasteiger partial charge < -0.3 is 0 Å². The fourth-order valence-electron chi connectivity index (χ4n) is 2.98. The van der Waals surface area contributed by atoms with Gasteiger partial charge in [-0.25, -0.2) is 4.58 Å². The fourth-order valence-corrected chi connectivity index (χ4v) is 2.98.